The third-order valence-electron chi connectivity index (χ3n) is 5.55. The van der Waals surface area contributed by atoms with Crippen LogP contribution >= 0.6 is 23.4 Å². The Kier molecular flexibility index (Phi) is 7.37. The van der Waals surface area contributed by atoms with E-state index in [4.69, 9.17) is 16.3 Å². The lowest BCUT2D eigenvalue weighted by Gasteiger charge is -2.37. The highest BCUT2D eigenvalue weighted by Gasteiger charge is 2.26. The van der Waals surface area contributed by atoms with Gasteiger partial charge in [0, 0.05) is 45.3 Å². The number of thioether (sulfide) groups is 1. The number of benzene rings is 1. The lowest BCUT2D eigenvalue weighted by molar-refractivity contribution is -0.140. The number of piperazine rings is 1. The van der Waals surface area contributed by atoms with Crippen LogP contribution in [0.2, 0.25) is 5.15 Å². The smallest absolute Gasteiger partial charge is 0.233 e. The number of hydrogen-bond donors (Lipinski definition) is 0. The van der Waals surface area contributed by atoms with Gasteiger partial charge in [0.05, 0.1) is 23.6 Å². The zero-order chi connectivity index (χ0) is 22.7. The largest absolute Gasteiger partial charge is 0.372 e. The van der Waals surface area contributed by atoms with Crippen molar-refractivity contribution in [3.05, 3.63) is 41.3 Å². The molecule has 2 saturated heterocycles. The number of halogens is 2. The average molecular weight is 480 g/mol. The Balaban J connectivity index is 1.36. The molecule has 0 saturated carbocycles. The second-order valence-corrected chi connectivity index (χ2v) is 9.43. The summed E-state index contributed by atoms with van der Waals surface area (Å²) >= 11 is 7.54. The molecule has 0 N–H and O–H groups in total. The van der Waals surface area contributed by atoms with Gasteiger partial charge >= 0.3 is 0 Å². The van der Waals surface area contributed by atoms with Crippen molar-refractivity contribution in [1.29, 1.82) is 0 Å². The van der Waals surface area contributed by atoms with Crippen LogP contribution in [0.25, 0.3) is 0 Å². The average Bonchev–Trinajstić information content (AvgIpc) is 2.77. The Labute approximate surface area is 196 Å². The third-order valence-corrected chi connectivity index (χ3v) is 6.58. The van der Waals surface area contributed by atoms with E-state index in [9.17, 15) is 9.18 Å². The minimum Gasteiger partial charge on any atom is -0.372 e. The van der Waals surface area contributed by atoms with Gasteiger partial charge in [-0.1, -0.05) is 35.5 Å². The first kappa shape index (κ1) is 23.1. The minimum atomic E-state index is -0.210. The van der Waals surface area contributed by atoms with E-state index in [2.05, 4.69) is 14.9 Å². The fourth-order valence-electron chi connectivity index (χ4n) is 4.10. The van der Waals surface area contributed by atoms with Gasteiger partial charge in [0.25, 0.3) is 0 Å². The maximum Gasteiger partial charge on any atom is 0.233 e. The predicted octanol–water partition coefficient (Wildman–Crippen LogP) is 3.32. The molecule has 0 aliphatic carbocycles. The van der Waals surface area contributed by atoms with E-state index in [-0.39, 0.29) is 29.7 Å². The number of aromatic nitrogens is 2. The summed E-state index contributed by atoms with van der Waals surface area (Å²) in [6.07, 6.45) is 0.0644. The maximum absolute atomic E-state index is 14.1. The van der Waals surface area contributed by atoms with Crippen molar-refractivity contribution < 1.29 is 13.9 Å². The molecule has 2 aromatic rings. The van der Waals surface area contributed by atoms with Gasteiger partial charge in [-0.05, 0) is 26.0 Å². The van der Waals surface area contributed by atoms with E-state index in [1.54, 1.807) is 18.2 Å². The molecule has 10 heteroatoms. The lowest BCUT2D eigenvalue weighted by Crippen LogP contribution is -2.48. The topological polar surface area (TPSA) is 61.8 Å². The molecule has 2 aliphatic heterocycles. The molecule has 32 heavy (non-hydrogen) atoms. The van der Waals surface area contributed by atoms with Gasteiger partial charge in [0.1, 0.15) is 16.8 Å². The molecule has 1 amide bonds. The maximum atomic E-state index is 14.1. The summed E-state index contributed by atoms with van der Waals surface area (Å²) in [5.41, 5.74) is 0.620. The van der Waals surface area contributed by atoms with E-state index in [1.165, 1.54) is 17.8 Å². The molecule has 0 bridgehead atoms. The zero-order valence-corrected chi connectivity index (χ0v) is 19.8. The summed E-state index contributed by atoms with van der Waals surface area (Å²) in [6.45, 7) is 7.87. The summed E-state index contributed by atoms with van der Waals surface area (Å²) < 4.78 is 19.8. The quantitative estimate of drug-likeness (QED) is 0.370. The number of morpholine rings is 1. The molecule has 2 atom stereocenters. The van der Waals surface area contributed by atoms with Crippen molar-refractivity contribution in [3.63, 3.8) is 0 Å². The van der Waals surface area contributed by atoms with Gasteiger partial charge in [-0.2, -0.15) is 0 Å². The summed E-state index contributed by atoms with van der Waals surface area (Å²) in [4.78, 5) is 27.5. The number of carbonyl (C=O) groups excluding carboxylic acids is 1. The van der Waals surface area contributed by atoms with Crippen LogP contribution in [0.15, 0.2) is 35.5 Å². The molecule has 2 unspecified atom stereocenters. The highest BCUT2D eigenvalue weighted by Crippen LogP contribution is 2.25. The number of anilines is 2. The first-order chi connectivity index (χ1) is 15.4. The van der Waals surface area contributed by atoms with E-state index in [1.807, 2.05) is 29.7 Å². The monoisotopic (exact) mass is 479 g/mol. The molecule has 1 aromatic heterocycles. The van der Waals surface area contributed by atoms with Crippen LogP contribution in [-0.4, -0.2) is 78.0 Å². The number of amides is 1. The summed E-state index contributed by atoms with van der Waals surface area (Å²) in [7, 11) is 0. The molecule has 4 rings (SSSR count). The van der Waals surface area contributed by atoms with Crippen molar-refractivity contribution in [2.75, 3.05) is 54.8 Å². The van der Waals surface area contributed by atoms with Crippen LogP contribution in [0.4, 0.5) is 15.9 Å². The molecule has 0 radical (unpaired) electrons. The van der Waals surface area contributed by atoms with Gasteiger partial charge in [-0.3, -0.25) is 4.79 Å². The number of para-hydroxylation sites is 1. The Hall–Kier alpha value is -2.10. The van der Waals surface area contributed by atoms with Crippen LogP contribution in [-0.2, 0) is 9.53 Å². The first-order valence-corrected chi connectivity index (χ1v) is 12.1. The summed E-state index contributed by atoms with van der Waals surface area (Å²) in [5, 5.41) is 0.821. The minimum absolute atomic E-state index is 0.0322. The Morgan fingerprint density at radius 2 is 1.78 bits per heavy atom. The molecular weight excluding hydrogens is 453 g/mol. The van der Waals surface area contributed by atoms with E-state index < -0.39 is 0 Å². The van der Waals surface area contributed by atoms with Crippen molar-refractivity contribution in [3.8, 4) is 0 Å². The van der Waals surface area contributed by atoms with Crippen molar-refractivity contribution >= 4 is 40.8 Å². The van der Waals surface area contributed by atoms with Crippen LogP contribution in [0, 0.1) is 5.82 Å². The van der Waals surface area contributed by atoms with Gasteiger partial charge < -0.3 is 19.4 Å². The van der Waals surface area contributed by atoms with Crippen LogP contribution in [0.5, 0.6) is 0 Å². The molecule has 1 aromatic carbocycles. The Morgan fingerprint density at radius 3 is 2.47 bits per heavy atom. The zero-order valence-electron chi connectivity index (χ0n) is 18.2. The third kappa shape index (κ3) is 5.63. The number of rotatable bonds is 5. The first-order valence-electron chi connectivity index (χ1n) is 10.7. The van der Waals surface area contributed by atoms with Crippen LogP contribution in [0.3, 0.4) is 0 Å². The van der Waals surface area contributed by atoms with E-state index >= 15 is 0 Å². The fourth-order valence-corrected chi connectivity index (χ4v) is 5.08. The second-order valence-electron chi connectivity index (χ2n) is 8.10. The summed E-state index contributed by atoms with van der Waals surface area (Å²) in [5.74, 6) is 0.807. The van der Waals surface area contributed by atoms with Crippen LogP contribution < -0.4 is 9.80 Å². The summed E-state index contributed by atoms with van der Waals surface area (Å²) in [6, 6.07) is 8.56. The van der Waals surface area contributed by atoms with Crippen LogP contribution in [0.1, 0.15) is 13.8 Å². The number of carbonyl (C=O) groups is 1. The van der Waals surface area contributed by atoms with Crippen molar-refractivity contribution in [2.24, 2.45) is 0 Å². The molecule has 3 heterocycles. The second kappa shape index (κ2) is 10.2. The number of ether oxygens (including phenoxy) is 1. The van der Waals surface area contributed by atoms with Crippen molar-refractivity contribution in [2.45, 2.75) is 31.2 Å². The van der Waals surface area contributed by atoms with Gasteiger partial charge in [-0.25, -0.2) is 14.4 Å². The molecule has 2 aliphatic rings. The normalized spacial score (nSPS) is 21.7. The van der Waals surface area contributed by atoms with Crippen molar-refractivity contribution in [1.82, 2.24) is 14.9 Å². The highest BCUT2D eigenvalue weighted by molar-refractivity contribution is 7.99. The lowest BCUT2D eigenvalue weighted by atomic mass is 10.2. The molecule has 7 nitrogen and oxygen atoms in total. The predicted molar refractivity (Wildman–Crippen MR) is 125 cm³/mol. The van der Waals surface area contributed by atoms with Gasteiger partial charge in [0.15, 0.2) is 5.16 Å². The Morgan fingerprint density at radius 1 is 1.12 bits per heavy atom. The fraction of sp³-hybridized carbons (Fsp3) is 0.500. The van der Waals surface area contributed by atoms with Gasteiger partial charge in [0.2, 0.25) is 5.91 Å². The molecular formula is C22H27ClFN5O2S. The Bertz CT molecular complexity index is 950. The number of nitrogens with zero attached hydrogens (tertiary/aromatic N) is 5. The van der Waals surface area contributed by atoms with Gasteiger partial charge in [-0.15, -0.1) is 0 Å². The molecule has 172 valence electrons. The highest BCUT2D eigenvalue weighted by atomic mass is 35.5. The SMILES string of the molecule is CC1CN(C(=O)CSc2nc(Cl)cc(N3CCN(c4ccccc4F)CC3)n2)CC(C)O1. The number of hydrogen-bond acceptors (Lipinski definition) is 7. The molecule has 2 fully saturated rings. The van der Waals surface area contributed by atoms with E-state index in [0.29, 0.717) is 55.3 Å². The molecule has 0 spiro atoms. The standard InChI is InChI=1S/C22H27ClFN5O2S/c1-15-12-29(13-16(2)31-15)21(30)14-32-22-25-19(23)11-20(26-22)28-9-7-27(8-10-28)18-6-4-3-5-17(18)24/h3-6,11,15-16H,7-10,12-14H2,1-2H3. The van der Waals surface area contributed by atoms with E-state index in [0.717, 1.165) is 5.82 Å².